The SMILES string of the molecule is CCCCCCCCCCCCCCC(O)C(O)CCNOCc1ccccc1. The van der Waals surface area contributed by atoms with Crippen LogP contribution in [0.1, 0.15) is 102 Å². The summed E-state index contributed by atoms with van der Waals surface area (Å²) < 4.78 is 0. The molecule has 1 aromatic rings. The normalized spacial score (nSPS) is 13.5. The molecule has 0 heterocycles. The first kappa shape index (κ1) is 26.1. The molecule has 0 fully saturated rings. The molecule has 2 unspecified atom stereocenters. The Balaban J connectivity index is 1.85. The molecule has 3 N–H and O–H groups in total. The molecule has 0 saturated carbocycles. The molecule has 1 aromatic carbocycles. The first-order chi connectivity index (χ1) is 14.2. The molecule has 1 rings (SSSR count). The second-order valence-electron chi connectivity index (χ2n) is 8.27. The fourth-order valence-corrected chi connectivity index (χ4v) is 3.57. The van der Waals surface area contributed by atoms with Gasteiger partial charge >= 0.3 is 0 Å². The van der Waals surface area contributed by atoms with Gasteiger partial charge in [-0.05, 0) is 18.4 Å². The topological polar surface area (TPSA) is 61.7 Å². The van der Waals surface area contributed by atoms with Crippen LogP contribution in [0.4, 0.5) is 0 Å². The summed E-state index contributed by atoms with van der Waals surface area (Å²) in [5.41, 5.74) is 3.97. The van der Waals surface area contributed by atoms with E-state index in [1.165, 1.54) is 64.2 Å². The minimum Gasteiger partial charge on any atom is -0.390 e. The van der Waals surface area contributed by atoms with E-state index >= 15 is 0 Å². The Kier molecular flexibility index (Phi) is 17.1. The molecule has 4 heteroatoms. The minimum absolute atomic E-state index is 0.494. The summed E-state index contributed by atoms with van der Waals surface area (Å²) in [4.78, 5) is 5.38. The van der Waals surface area contributed by atoms with Crippen molar-refractivity contribution in [1.29, 1.82) is 0 Å². The summed E-state index contributed by atoms with van der Waals surface area (Å²) in [7, 11) is 0. The molecule has 0 aliphatic carbocycles. The number of nitrogens with one attached hydrogen (secondary N) is 1. The Morgan fingerprint density at radius 3 is 1.83 bits per heavy atom. The van der Waals surface area contributed by atoms with Gasteiger partial charge in [-0.3, -0.25) is 4.84 Å². The lowest BCUT2D eigenvalue weighted by Gasteiger charge is -2.18. The average molecular weight is 408 g/mol. The first-order valence-electron chi connectivity index (χ1n) is 12.0. The lowest BCUT2D eigenvalue weighted by atomic mass is 10.0. The van der Waals surface area contributed by atoms with E-state index in [9.17, 15) is 10.2 Å². The van der Waals surface area contributed by atoms with Crippen LogP contribution in [0.5, 0.6) is 0 Å². The summed E-state index contributed by atoms with van der Waals surface area (Å²) >= 11 is 0. The Morgan fingerprint density at radius 1 is 0.724 bits per heavy atom. The van der Waals surface area contributed by atoms with E-state index in [-0.39, 0.29) is 0 Å². The van der Waals surface area contributed by atoms with Crippen LogP contribution in [0.3, 0.4) is 0 Å². The van der Waals surface area contributed by atoms with Gasteiger partial charge in [0.15, 0.2) is 0 Å². The minimum atomic E-state index is -0.685. The van der Waals surface area contributed by atoms with Crippen LogP contribution in [0.15, 0.2) is 30.3 Å². The third-order valence-corrected chi connectivity index (χ3v) is 5.52. The third-order valence-electron chi connectivity index (χ3n) is 5.52. The maximum atomic E-state index is 10.1. The number of aliphatic hydroxyl groups is 2. The van der Waals surface area contributed by atoms with E-state index in [1.54, 1.807) is 0 Å². The zero-order valence-corrected chi connectivity index (χ0v) is 18.7. The largest absolute Gasteiger partial charge is 0.390 e. The van der Waals surface area contributed by atoms with Gasteiger partial charge in [0.1, 0.15) is 0 Å². The van der Waals surface area contributed by atoms with E-state index in [0.29, 0.717) is 26.0 Å². The molecule has 0 spiro atoms. The summed E-state index contributed by atoms with van der Waals surface area (Å²) in [6.45, 7) is 3.29. The van der Waals surface area contributed by atoms with E-state index in [4.69, 9.17) is 4.84 Å². The van der Waals surface area contributed by atoms with Crippen LogP contribution in [-0.4, -0.2) is 29.0 Å². The van der Waals surface area contributed by atoms with Crippen molar-refractivity contribution in [2.75, 3.05) is 6.54 Å². The molecule has 0 radical (unpaired) electrons. The summed E-state index contributed by atoms with van der Waals surface area (Å²) in [6.07, 6.45) is 15.6. The maximum Gasteiger partial charge on any atom is 0.0933 e. The second-order valence-corrected chi connectivity index (χ2v) is 8.27. The Morgan fingerprint density at radius 2 is 1.24 bits per heavy atom. The van der Waals surface area contributed by atoms with Gasteiger partial charge in [0, 0.05) is 6.54 Å². The van der Waals surface area contributed by atoms with Crippen molar-refractivity contribution in [3.05, 3.63) is 35.9 Å². The van der Waals surface area contributed by atoms with Gasteiger partial charge in [0.25, 0.3) is 0 Å². The molecular formula is C25H45NO3. The Labute approximate surface area is 179 Å². The highest BCUT2D eigenvalue weighted by atomic mass is 16.6. The van der Waals surface area contributed by atoms with Crippen LogP contribution in [-0.2, 0) is 11.4 Å². The second kappa shape index (κ2) is 19.0. The zero-order valence-electron chi connectivity index (χ0n) is 18.7. The van der Waals surface area contributed by atoms with Crippen molar-refractivity contribution < 1.29 is 15.1 Å². The molecule has 168 valence electrons. The maximum absolute atomic E-state index is 10.1. The van der Waals surface area contributed by atoms with Crippen LogP contribution in [0.2, 0.25) is 0 Å². The molecule has 0 aliphatic rings. The number of hydrogen-bond donors (Lipinski definition) is 3. The highest BCUT2D eigenvalue weighted by molar-refractivity contribution is 5.13. The van der Waals surface area contributed by atoms with Gasteiger partial charge < -0.3 is 10.2 Å². The molecule has 0 amide bonds. The standard InChI is InChI=1S/C25H45NO3/c1-2-3-4-5-6-7-8-9-10-11-12-16-19-24(27)25(28)20-21-26-29-22-23-17-14-13-15-18-23/h13-15,17-18,24-28H,2-12,16,19-22H2,1H3. The smallest absolute Gasteiger partial charge is 0.0933 e. The fourth-order valence-electron chi connectivity index (χ4n) is 3.57. The predicted octanol–water partition coefficient (Wildman–Crippen LogP) is 5.91. The van der Waals surface area contributed by atoms with Crippen LogP contribution < -0.4 is 5.48 Å². The molecular weight excluding hydrogens is 362 g/mol. The molecule has 29 heavy (non-hydrogen) atoms. The van der Waals surface area contributed by atoms with Crippen molar-refractivity contribution >= 4 is 0 Å². The van der Waals surface area contributed by atoms with Gasteiger partial charge in [0.2, 0.25) is 0 Å². The summed E-state index contributed by atoms with van der Waals surface area (Å²) in [6, 6.07) is 9.96. The highest BCUT2D eigenvalue weighted by Crippen LogP contribution is 2.14. The lowest BCUT2D eigenvalue weighted by Crippen LogP contribution is -2.30. The Bertz CT molecular complexity index is 455. The fraction of sp³-hybridized carbons (Fsp3) is 0.760. The monoisotopic (exact) mass is 407 g/mol. The van der Waals surface area contributed by atoms with Crippen LogP contribution >= 0.6 is 0 Å². The third kappa shape index (κ3) is 15.5. The number of unbranched alkanes of at least 4 members (excludes halogenated alkanes) is 11. The number of benzene rings is 1. The van der Waals surface area contributed by atoms with Gasteiger partial charge in [-0.1, -0.05) is 114 Å². The van der Waals surface area contributed by atoms with Crippen LogP contribution in [0.25, 0.3) is 0 Å². The van der Waals surface area contributed by atoms with E-state index in [2.05, 4.69) is 12.4 Å². The van der Waals surface area contributed by atoms with Crippen molar-refractivity contribution in [2.45, 2.75) is 116 Å². The van der Waals surface area contributed by atoms with Gasteiger partial charge in [-0.2, -0.15) is 0 Å². The Hall–Kier alpha value is -0.940. The molecule has 0 saturated heterocycles. The number of hydroxylamine groups is 1. The molecule has 0 aromatic heterocycles. The average Bonchev–Trinajstić information content (AvgIpc) is 2.74. The molecule has 0 aliphatic heterocycles. The van der Waals surface area contributed by atoms with Crippen molar-refractivity contribution in [1.82, 2.24) is 5.48 Å². The molecule has 2 atom stereocenters. The predicted molar refractivity (Wildman–Crippen MR) is 122 cm³/mol. The first-order valence-corrected chi connectivity index (χ1v) is 12.0. The van der Waals surface area contributed by atoms with Crippen LogP contribution in [0, 0.1) is 0 Å². The molecule has 0 bridgehead atoms. The van der Waals surface area contributed by atoms with E-state index < -0.39 is 12.2 Å². The number of hydrogen-bond acceptors (Lipinski definition) is 4. The van der Waals surface area contributed by atoms with Gasteiger partial charge in [0.05, 0.1) is 18.8 Å². The highest BCUT2D eigenvalue weighted by Gasteiger charge is 2.15. The molecule has 4 nitrogen and oxygen atoms in total. The van der Waals surface area contributed by atoms with Crippen molar-refractivity contribution in [3.63, 3.8) is 0 Å². The zero-order chi connectivity index (χ0) is 21.0. The lowest BCUT2D eigenvalue weighted by molar-refractivity contribution is -0.0129. The summed E-state index contributed by atoms with van der Waals surface area (Å²) in [5, 5.41) is 20.2. The summed E-state index contributed by atoms with van der Waals surface area (Å²) in [5.74, 6) is 0. The van der Waals surface area contributed by atoms with Gasteiger partial charge in [-0.25, -0.2) is 5.48 Å². The quantitative estimate of drug-likeness (QED) is 0.186. The van der Waals surface area contributed by atoms with E-state index in [0.717, 1.165) is 18.4 Å². The van der Waals surface area contributed by atoms with Gasteiger partial charge in [-0.15, -0.1) is 0 Å². The van der Waals surface area contributed by atoms with Crippen molar-refractivity contribution in [3.8, 4) is 0 Å². The van der Waals surface area contributed by atoms with E-state index in [1.807, 2.05) is 30.3 Å². The number of aliphatic hydroxyl groups excluding tert-OH is 2. The van der Waals surface area contributed by atoms with Crippen molar-refractivity contribution in [2.24, 2.45) is 0 Å². The number of rotatable bonds is 20.